The molecule has 0 saturated heterocycles. The average Bonchev–Trinajstić information content (AvgIpc) is 2.71. The van der Waals surface area contributed by atoms with Gasteiger partial charge in [0, 0.05) is 12.8 Å². The lowest BCUT2D eigenvalue weighted by atomic mass is 9.84. The van der Waals surface area contributed by atoms with Gasteiger partial charge in [-0.1, -0.05) is 11.6 Å². The lowest BCUT2D eigenvalue weighted by Gasteiger charge is -2.33. The predicted octanol–water partition coefficient (Wildman–Crippen LogP) is 1.55. The molecule has 3 atom stereocenters. The zero-order valence-corrected chi connectivity index (χ0v) is 10.6. The van der Waals surface area contributed by atoms with E-state index < -0.39 is 18.2 Å². The van der Waals surface area contributed by atoms with Crippen LogP contribution >= 0.6 is 0 Å². The molecule has 1 aliphatic heterocycles. The smallest absolute Gasteiger partial charge is 0.337 e. The molecule has 0 fully saturated rings. The zero-order chi connectivity index (χ0) is 13.3. The van der Waals surface area contributed by atoms with Crippen LogP contribution in [-0.2, 0) is 23.8 Å². The highest BCUT2D eigenvalue weighted by Gasteiger charge is 2.44. The van der Waals surface area contributed by atoms with Crippen molar-refractivity contribution in [2.45, 2.75) is 26.6 Å². The largest absolute Gasteiger partial charge is 0.466 e. The van der Waals surface area contributed by atoms with E-state index in [-0.39, 0.29) is 11.8 Å². The molecule has 18 heavy (non-hydrogen) atoms. The first-order chi connectivity index (χ1) is 8.54. The van der Waals surface area contributed by atoms with Crippen LogP contribution in [-0.4, -0.2) is 25.3 Å². The third kappa shape index (κ3) is 2.12. The predicted molar refractivity (Wildman–Crippen MR) is 62.1 cm³/mol. The van der Waals surface area contributed by atoms with Crippen LogP contribution in [0.2, 0.25) is 0 Å². The van der Waals surface area contributed by atoms with Gasteiger partial charge in [-0.2, -0.15) is 0 Å². The summed E-state index contributed by atoms with van der Waals surface area (Å²) in [6, 6.07) is 0. The van der Waals surface area contributed by atoms with Crippen molar-refractivity contribution >= 4 is 11.9 Å². The summed E-state index contributed by atoms with van der Waals surface area (Å²) in [5, 5.41) is 0. The molecular formula is C13H16O5. The van der Waals surface area contributed by atoms with Crippen LogP contribution in [0.1, 0.15) is 20.3 Å². The minimum atomic E-state index is -0.653. The van der Waals surface area contributed by atoms with Gasteiger partial charge < -0.3 is 14.2 Å². The van der Waals surface area contributed by atoms with Crippen LogP contribution < -0.4 is 0 Å². The topological polar surface area (TPSA) is 61.8 Å². The normalized spacial score (nSPS) is 29.6. The molecule has 2 rings (SSSR count). The minimum absolute atomic E-state index is 0.0319. The van der Waals surface area contributed by atoms with Gasteiger partial charge in [0.15, 0.2) is 0 Å². The second-order valence-corrected chi connectivity index (χ2v) is 4.49. The molecule has 0 N–H and O–H groups in total. The molecule has 0 saturated carbocycles. The maximum Gasteiger partial charge on any atom is 0.337 e. The lowest BCUT2D eigenvalue weighted by Crippen LogP contribution is -2.37. The van der Waals surface area contributed by atoms with E-state index in [4.69, 9.17) is 14.2 Å². The van der Waals surface area contributed by atoms with E-state index in [0.717, 1.165) is 12.0 Å². The van der Waals surface area contributed by atoms with Crippen LogP contribution in [0.3, 0.4) is 0 Å². The summed E-state index contributed by atoms with van der Waals surface area (Å²) >= 11 is 0. The lowest BCUT2D eigenvalue weighted by molar-refractivity contribution is -0.179. The molecule has 0 aromatic heterocycles. The fraction of sp³-hybridized carbons (Fsp3) is 0.538. The van der Waals surface area contributed by atoms with Crippen molar-refractivity contribution < 1.29 is 23.8 Å². The average molecular weight is 252 g/mol. The van der Waals surface area contributed by atoms with Crippen molar-refractivity contribution in [2.75, 3.05) is 7.11 Å². The quantitative estimate of drug-likeness (QED) is 0.551. The highest BCUT2D eigenvalue weighted by atomic mass is 16.7. The summed E-state index contributed by atoms with van der Waals surface area (Å²) in [5.41, 5.74) is 1.57. The van der Waals surface area contributed by atoms with Gasteiger partial charge in [-0.3, -0.25) is 4.79 Å². The molecule has 98 valence electrons. The number of allylic oxidation sites excluding steroid dienone is 1. The van der Waals surface area contributed by atoms with Crippen LogP contribution in [0, 0.1) is 11.8 Å². The van der Waals surface area contributed by atoms with Gasteiger partial charge in [-0.05, 0) is 13.3 Å². The maximum atomic E-state index is 11.6. The number of carbonyl (C=O) groups is 2. The summed E-state index contributed by atoms with van der Waals surface area (Å²) < 4.78 is 15.2. The first-order valence-electron chi connectivity index (χ1n) is 5.82. The number of hydrogen-bond donors (Lipinski definition) is 0. The zero-order valence-electron chi connectivity index (χ0n) is 10.6. The van der Waals surface area contributed by atoms with Crippen molar-refractivity contribution in [2.24, 2.45) is 11.8 Å². The first-order valence-corrected chi connectivity index (χ1v) is 5.82. The van der Waals surface area contributed by atoms with Gasteiger partial charge in [-0.25, -0.2) is 4.79 Å². The molecule has 1 heterocycles. The van der Waals surface area contributed by atoms with Gasteiger partial charge in [-0.15, -0.1) is 0 Å². The molecule has 5 nitrogen and oxygen atoms in total. The Bertz CT molecular complexity index is 435. The van der Waals surface area contributed by atoms with E-state index in [1.165, 1.54) is 20.3 Å². The summed E-state index contributed by atoms with van der Waals surface area (Å²) in [4.78, 5) is 22.7. The summed E-state index contributed by atoms with van der Waals surface area (Å²) in [5.74, 6) is -0.925. The van der Waals surface area contributed by atoms with Gasteiger partial charge in [0.25, 0.3) is 0 Å². The number of carbonyl (C=O) groups excluding carboxylic acids is 2. The Balaban J connectivity index is 2.25. The fourth-order valence-corrected chi connectivity index (χ4v) is 2.53. The van der Waals surface area contributed by atoms with Gasteiger partial charge in [0.1, 0.15) is 0 Å². The number of methoxy groups -OCH3 is 1. The van der Waals surface area contributed by atoms with E-state index in [2.05, 4.69) is 0 Å². The number of rotatable bonds is 2. The van der Waals surface area contributed by atoms with Gasteiger partial charge in [0.05, 0.1) is 24.9 Å². The van der Waals surface area contributed by atoms with Crippen molar-refractivity contribution in [1.82, 2.24) is 0 Å². The summed E-state index contributed by atoms with van der Waals surface area (Å²) in [6.07, 6.45) is 3.47. The Hall–Kier alpha value is -1.78. The monoisotopic (exact) mass is 252 g/mol. The summed E-state index contributed by atoms with van der Waals surface area (Å²) in [6.45, 7) is 3.29. The van der Waals surface area contributed by atoms with Crippen molar-refractivity contribution in [1.29, 1.82) is 0 Å². The number of esters is 2. The molecule has 5 heteroatoms. The molecule has 0 spiro atoms. The highest BCUT2D eigenvalue weighted by molar-refractivity contribution is 5.89. The third-order valence-corrected chi connectivity index (χ3v) is 3.38. The Morgan fingerprint density at radius 2 is 2.17 bits per heavy atom. The maximum absolute atomic E-state index is 11.6. The highest BCUT2D eigenvalue weighted by Crippen LogP contribution is 2.43. The van der Waals surface area contributed by atoms with Crippen molar-refractivity contribution in [3.63, 3.8) is 0 Å². The van der Waals surface area contributed by atoms with E-state index in [1.807, 2.05) is 13.0 Å². The van der Waals surface area contributed by atoms with Crippen LogP contribution in [0.5, 0.6) is 0 Å². The van der Waals surface area contributed by atoms with Crippen molar-refractivity contribution in [3.8, 4) is 0 Å². The molecule has 3 unspecified atom stereocenters. The molecule has 0 aromatic carbocycles. The molecule has 0 radical (unpaired) electrons. The Labute approximate surface area is 105 Å². The number of ether oxygens (including phenoxy) is 3. The first kappa shape index (κ1) is 12.7. The third-order valence-electron chi connectivity index (χ3n) is 3.38. The standard InChI is InChI=1S/C13H16O5/c1-7-4-5-9-10(12(15)16-3)6-17-13(11(7)9)18-8(2)14/h4,6,9,11,13H,5H2,1-3H3. The molecule has 0 amide bonds. The minimum Gasteiger partial charge on any atom is -0.466 e. The second-order valence-electron chi connectivity index (χ2n) is 4.49. The van der Waals surface area contributed by atoms with Gasteiger partial charge >= 0.3 is 11.9 Å². The Morgan fingerprint density at radius 3 is 2.78 bits per heavy atom. The number of fused-ring (bicyclic) bond motifs is 1. The van der Waals surface area contributed by atoms with Crippen LogP contribution in [0.15, 0.2) is 23.5 Å². The van der Waals surface area contributed by atoms with Crippen LogP contribution in [0.25, 0.3) is 0 Å². The van der Waals surface area contributed by atoms with E-state index >= 15 is 0 Å². The Morgan fingerprint density at radius 1 is 1.44 bits per heavy atom. The molecular weight excluding hydrogens is 236 g/mol. The van der Waals surface area contributed by atoms with E-state index in [9.17, 15) is 9.59 Å². The second kappa shape index (κ2) is 4.84. The summed E-state index contributed by atoms with van der Waals surface area (Å²) in [7, 11) is 1.34. The van der Waals surface area contributed by atoms with Crippen LogP contribution in [0.4, 0.5) is 0 Å². The van der Waals surface area contributed by atoms with E-state index in [1.54, 1.807) is 0 Å². The molecule has 0 bridgehead atoms. The number of hydrogen-bond acceptors (Lipinski definition) is 5. The molecule has 1 aliphatic carbocycles. The molecule has 0 aromatic rings. The van der Waals surface area contributed by atoms with Gasteiger partial charge in [0.2, 0.25) is 6.29 Å². The SMILES string of the molecule is COC(=O)C1=COC(OC(C)=O)C2C(C)=CCC12. The van der Waals surface area contributed by atoms with Crippen molar-refractivity contribution in [3.05, 3.63) is 23.5 Å². The molecule has 2 aliphatic rings. The Kier molecular flexibility index (Phi) is 3.41. The fourth-order valence-electron chi connectivity index (χ4n) is 2.53. The van der Waals surface area contributed by atoms with E-state index in [0.29, 0.717) is 5.57 Å².